The Balaban J connectivity index is 2.44. The molecule has 0 saturated carbocycles. The summed E-state index contributed by atoms with van der Waals surface area (Å²) in [6.07, 6.45) is -0.236. The predicted molar refractivity (Wildman–Crippen MR) is 74.6 cm³/mol. The van der Waals surface area contributed by atoms with E-state index in [4.69, 9.17) is 10.2 Å². The molecule has 0 spiro atoms. The zero-order chi connectivity index (χ0) is 14.5. The van der Waals surface area contributed by atoms with Crippen molar-refractivity contribution in [3.63, 3.8) is 0 Å². The molecule has 2 aromatic rings. The lowest BCUT2D eigenvalue weighted by atomic mass is 9.97. The van der Waals surface area contributed by atoms with Gasteiger partial charge in [-0.25, -0.2) is 0 Å². The Hall–Kier alpha value is -2.62. The Kier molecular flexibility index (Phi) is 4.15. The molecule has 0 unspecified atom stereocenters. The van der Waals surface area contributed by atoms with Gasteiger partial charge < -0.3 is 10.2 Å². The SMILES string of the molecule is O=C(O)Cc1cc(CC(=O)O)cc(-c2ccccc2)c1. The molecule has 0 aliphatic carbocycles. The lowest BCUT2D eigenvalue weighted by Crippen LogP contribution is -2.04. The third-order valence-electron chi connectivity index (χ3n) is 2.87. The standard InChI is InChI=1S/C16H14O4/c17-15(18)9-11-6-12(10-16(19)20)8-14(7-11)13-4-2-1-3-5-13/h1-8H,9-10H2,(H,17,18)(H,19,20). The van der Waals surface area contributed by atoms with Crippen LogP contribution in [0.5, 0.6) is 0 Å². The summed E-state index contributed by atoms with van der Waals surface area (Å²) in [4.78, 5) is 21.7. The summed E-state index contributed by atoms with van der Waals surface area (Å²) < 4.78 is 0. The molecule has 0 aromatic heterocycles. The van der Waals surface area contributed by atoms with Gasteiger partial charge >= 0.3 is 11.9 Å². The van der Waals surface area contributed by atoms with Gasteiger partial charge in [0.15, 0.2) is 0 Å². The van der Waals surface area contributed by atoms with Gasteiger partial charge in [-0.1, -0.05) is 48.5 Å². The van der Waals surface area contributed by atoms with Crippen LogP contribution in [0.3, 0.4) is 0 Å². The average Bonchev–Trinajstić information content (AvgIpc) is 2.38. The lowest BCUT2D eigenvalue weighted by molar-refractivity contribution is -0.137. The molecule has 0 amide bonds. The van der Waals surface area contributed by atoms with Crippen LogP contribution in [0.1, 0.15) is 11.1 Å². The van der Waals surface area contributed by atoms with Crippen LogP contribution < -0.4 is 0 Å². The Labute approximate surface area is 116 Å². The minimum Gasteiger partial charge on any atom is -0.481 e. The van der Waals surface area contributed by atoms with Crippen LogP contribution in [0.4, 0.5) is 0 Å². The van der Waals surface area contributed by atoms with Gasteiger partial charge in [0.05, 0.1) is 12.8 Å². The Morgan fingerprint density at radius 2 is 1.25 bits per heavy atom. The number of hydrogen-bond donors (Lipinski definition) is 2. The monoisotopic (exact) mass is 270 g/mol. The van der Waals surface area contributed by atoms with Gasteiger partial charge in [0.1, 0.15) is 0 Å². The maximum absolute atomic E-state index is 10.8. The van der Waals surface area contributed by atoms with Crippen molar-refractivity contribution in [1.29, 1.82) is 0 Å². The van der Waals surface area contributed by atoms with E-state index < -0.39 is 11.9 Å². The zero-order valence-corrected chi connectivity index (χ0v) is 10.7. The Bertz CT molecular complexity index is 598. The molecular weight excluding hydrogens is 256 g/mol. The maximum atomic E-state index is 10.8. The van der Waals surface area contributed by atoms with Gasteiger partial charge in [0.25, 0.3) is 0 Å². The number of benzene rings is 2. The second-order valence-corrected chi connectivity index (χ2v) is 4.55. The van der Waals surface area contributed by atoms with E-state index in [1.54, 1.807) is 18.2 Å². The Morgan fingerprint density at radius 3 is 1.70 bits per heavy atom. The molecule has 0 fully saturated rings. The van der Waals surface area contributed by atoms with Crippen molar-refractivity contribution in [3.8, 4) is 11.1 Å². The maximum Gasteiger partial charge on any atom is 0.307 e. The van der Waals surface area contributed by atoms with Crippen LogP contribution in [0.25, 0.3) is 11.1 Å². The highest BCUT2D eigenvalue weighted by molar-refractivity contribution is 5.75. The van der Waals surface area contributed by atoms with E-state index in [1.807, 2.05) is 30.3 Å². The molecule has 2 N–H and O–H groups in total. The number of hydrogen-bond acceptors (Lipinski definition) is 2. The molecule has 4 heteroatoms. The van der Waals surface area contributed by atoms with E-state index >= 15 is 0 Å². The molecule has 0 aliphatic heterocycles. The van der Waals surface area contributed by atoms with Crippen molar-refractivity contribution in [2.45, 2.75) is 12.8 Å². The summed E-state index contributed by atoms with van der Waals surface area (Å²) >= 11 is 0. The zero-order valence-electron chi connectivity index (χ0n) is 10.7. The highest BCUT2D eigenvalue weighted by Crippen LogP contribution is 2.23. The molecule has 0 heterocycles. The second-order valence-electron chi connectivity index (χ2n) is 4.55. The van der Waals surface area contributed by atoms with Gasteiger partial charge in [-0.05, 0) is 22.3 Å². The molecule has 20 heavy (non-hydrogen) atoms. The molecule has 0 aliphatic rings. The number of aliphatic carboxylic acids is 2. The largest absolute Gasteiger partial charge is 0.481 e. The van der Waals surface area contributed by atoms with Crippen LogP contribution in [-0.2, 0) is 22.4 Å². The third kappa shape index (κ3) is 3.68. The smallest absolute Gasteiger partial charge is 0.307 e. The second kappa shape index (κ2) is 6.02. The van der Waals surface area contributed by atoms with E-state index in [1.165, 1.54) is 0 Å². The van der Waals surface area contributed by atoms with Crippen LogP contribution in [-0.4, -0.2) is 22.2 Å². The minimum absolute atomic E-state index is 0.118. The quantitative estimate of drug-likeness (QED) is 0.875. The van der Waals surface area contributed by atoms with Crippen molar-refractivity contribution in [3.05, 3.63) is 59.7 Å². The highest BCUT2D eigenvalue weighted by atomic mass is 16.4. The molecular formula is C16H14O4. The van der Waals surface area contributed by atoms with E-state index in [0.29, 0.717) is 11.1 Å². The molecule has 0 atom stereocenters. The third-order valence-corrected chi connectivity index (χ3v) is 2.87. The van der Waals surface area contributed by atoms with Gasteiger partial charge in [-0.3, -0.25) is 9.59 Å². The van der Waals surface area contributed by atoms with Gasteiger partial charge in [0, 0.05) is 0 Å². The summed E-state index contributed by atoms with van der Waals surface area (Å²) in [6, 6.07) is 14.7. The van der Waals surface area contributed by atoms with Crippen LogP contribution in [0.15, 0.2) is 48.5 Å². The summed E-state index contributed by atoms with van der Waals surface area (Å²) in [5, 5.41) is 17.8. The van der Waals surface area contributed by atoms with E-state index in [-0.39, 0.29) is 12.8 Å². The lowest BCUT2D eigenvalue weighted by Gasteiger charge is -2.08. The number of rotatable bonds is 5. The summed E-state index contributed by atoms with van der Waals surface area (Å²) in [6.45, 7) is 0. The van der Waals surface area contributed by atoms with Crippen LogP contribution in [0.2, 0.25) is 0 Å². The molecule has 102 valence electrons. The predicted octanol–water partition coefficient (Wildman–Crippen LogP) is 2.61. The normalized spacial score (nSPS) is 10.2. The van der Waals surface area contributed by atoms with Gasteiger partial charge in [-0.15, -0.1) is 0 Å². The van der Waals surface area contributed by atoms with E-state index in [2.05, 4.69) is 0 Å². The Morgan fingerprint density at radius 1 is 0.750 bits per heavy atom. The molecule has 0 saturated heterocycles. The fourth-order valence-electron chi connectivity index (χ4n) is 2.11. The number of carboxylic acids is 2. The van der Waals surface area contributed by atoms with Crippen molar-refractivity contribution in [2.24, 2.45) is 0 Å². The first-order valence-electron chi connectivity index (χ1n) is 6.16. The molecule has 0 bridgehead atoms. The van der Waals surface area contributed by atoms with E-state index in [0.717, 1.165) is 11.1 Å². The molecule has 2 aromatic carbocycles. The fourth-order valence-corrected chi connectivity index (χ4v) is 2.11. The topological polar surface area (TPSA) is 74.6 Å². The summed E-state index contributed by atoms with van der Waals surface area (Å²) in [7, 11) is 0. The van der Waals surface area contributed by atoms with E-state index in [9.17, 15) is 9.59 Å². The highest BCUT2D eigenvalue weighted by Gasteiger charge is 2.08. The molecule has 0 radical (unpaired) electrons. The van der Waals surface area contributed by atoms with Crippen LogP contribution in [0, 0.1) is 0 Å². The van der Waals surface area contributed by atoms with Crippen molar-refractivity contribution < 1.29 is 19.8 Å². The fraction of sp³-hybridized carbons (Fsp3) is 0.125. The van der Waals surface area contributed by atoms with Gasteiger partial charge in [-0.2, -0.15) is 0 Å². The first kappa shape index (κ1) is 13.8. The summed E-state index contributed by atoms with van der Waals surface area (Å²) in [5.74, 6) is -1.87. The number of carbonyl (C=O) groups is 2. The first-order chi connectivity index (χ1) is 9.54. The van der Waals surface area contributed by atoms with Gasteiger partial charge in [0.2, 0.25) is 0 Å². The average molecular weight is 270 g/mol. The molecule has 2 rings (SSSR count). The molecule has 4 nitrogen and oxygen atoms in total. The number of carboxylic acid groups (broad SMARTS) is 2. The minimum atomic E-state index is -0.934. The van der Waals surface area contributed by atoms with Crippen LogP contribution >= 0.6 is 0 Å². The van der Waals surface area contributed by atoms with Crippen molar-refractivity contribution in [1.82, 2.24) is 0 Å². The summed E-state index contributed by atoms with van der Waals surface area (Å²) in [5.41, 5.74) is 2.98. The van der Waals surface area contributed by atoms with Crippen molar-refractivity contribution >= 4 is 11.9 Å². The van der Waals surface area contributed by atoms with Crippen molar-refractivity contribution in [2.75, 3.05) is 0 Å². The first-order valence-corrected chi connectivity index (χ1v) is 6.16.